The molecule has 0 radical (unpaired) electrons. The largest absolute Gasteiger partial charge is 0.383 e. The van der Waals surface area contributed by atoms with Crippen molar-refractivity contribution in [2.24, 2.45) is 23.1 Å². The number of guanidine groups is 1. The third-order valence-electron chi connectivity index (χ3n) is 5.60. The Morgan fingerprint density at radius 1 is 0.872 bits per heavy atom. The molecule has 0 aliphatic heterocycles. The Hall–Kier alpha value is -4.20. The van der Waals surface area contributed by atoms with Gasteiger partial charge in [-0.25, -0.2) is 0 Å². The van der Waals surface area contributed by atoms with Crippen LogP contribution in [0.25, 0.3) is 0 Å². The molecule has 5 amide bonds. The lowest BCUT2D eigenvalue weighted by Crippen LogP contribution is -2.57. The minimum Gasteiger partial charge on any atom is -0.383 e. The Morgan fingerprint density at radius 3 is 1.97 bits per heavy atom. The van der Waals surface area contributed by atoms with E-state index in [9.17, 15) is 29.1 Å². The van der Waals surface area contributed by atoms with Crippen LogP contribution in [0.3, 0.4) is 0 Å². The second-order valence-corrected chi connectivity index (χ2v) is 9.57. The molecule has 0 fully saturated rings. The van der Waals surface area contributed by atoms with Gasteiger partial charge in [0.25, 0.3) is 0 Å². The Balaban J connectivity index is 3.01. The van der Waals surface area contributed by atoms with Crippen molar-refractivity contribution in [3.63, 3.8) is 0 Å². The molecule has 0 aromatic heterocycles. The molecule has 39 heavy (non-hydrogen) atoms. The molecular formula is C25H40N8O6. The van der Waals surface area contributed by atoms with Gasteiger partial charge in [0.2, 0.25) is 29.5 Å². The third kappa shape index (κ3) is 13.2. The highest BCUT2D eigenvalue weighted by molar-refractivity contribution is 5.95. The molecular weight excluding hydrogens is 508 g/mol. The van der Waals surface area contributed by atoms with Crippen LogP contribution < -0.4 is 38.5 Å². The number of primary amides is 2. The number of benzene rings is 1. The highest BCUT2D eigenvalue weighted by Crippen LogP contribution is 2.09. The molecule has 0 saturated heterocycles. The van der Waals surface area contributed by atoms with Gasteiger partial charge in [-0.15, -0.1) is 0 Å². The molecule has 0 bridgehead atoms. The second-order valence-electron chi connectivity index (χ2n) is 9.57. The predicted octanol–water partition coefficient (Wildman–Crippen LogP) is -2.29. The van der Waals surface area contributed by atoms with E-state index in [0.717, 1.165) is 5.56 Å². The Bertz CT molecular complexity index is 1000. The van der Waals surface area contributed by atoms with Crippen molar-refractivity contribution in [1.82, 2.24) is 21.3 Å². The lowest BCUT2D eigenvalue weighted by molar-refractivity contribution is -0.136. The van der Waals surface area contributed by atoms with E-state index in [0.29, 0.717) is 0 Å². The zero-order valence-electron chi connectivity index (χ0n) is 22.2. The maximum atomic E-state index is 13.2. The van der Waals surface area contributed by atoms with Crippen LogP contribution in [-0.4, -0.2) is 71.4 Å². The molecule has 4 atom stereocenters. The Labute approximate surface area is 227 Å². The first-order valence-electron chi connectivity index (χ1n) is 12.6. The fourth-order valence-electron chi connectivity index (χ4n) is 3.67. The lowest BCUT2D eigenvalue weighted by Gasteiger charge is -2.26. The van der Waals surface area contributed by atoms with Crippen molar-refractivity contribution in [2.75, 3.05) is 6.54 Å². The summed E-state index contributed by atoms with van der Waals surface area (Å²) < 4.78 is 0. The first kappa shape index (κ1) is 32.8. The molecule has 1 aromatic carbocycles. The summed E-state index contributed by atoms with van der Waals surface area (Å²) >= 11 is 0. The van der Waals surface area contributed by atoms with Gasteiger partial charge >= 0.3 is 0 Å². The summed E-state index contributed by atoms with van der Waals surface area (Å²) in [7, 11) is 0. The summed E-state index contributed by atoms with van der Waals surface area (Å²) in [6, 6.07) is 5.22. The van der Waals surface area contributed by atoms with Gasteiger partial charge < -0.3 is 43.6 Å². The van der Waals surface area contributed by atoms with E-state index in [1.165, 1.54) is 0 Å². The first-order valence-corrected chi connectivity index (χ1v) is 12.6. The van der Waals surface area contributed by atoms with Crippen molar-refractivity contribution in [3.05, 3.63) is 35.9 Å². The molecule has 12 N–H and O–H groups in total. The molecule has 1 rings (SSSR count). The summed E-state index contributed by atoms with van der Waals surface area (Å²) in [5.74, 6) is -4.38. The number of carbonyl (C=O) groups excluding carboxylic acids is 5. The second kappa shape index (κ2) is 16.6. The number of carbonyl (C=O) groups is 5. The normalized spacial score (nSPS) is 13.8. The number of aliphatic hydroxyl groups is 1. The van der Waals surface area contributed by atoms with Crippen LogP contribution in [0, 0.1) is 11.3 Å². The van der Waals surface area contributed by atoms with Crippen molar-refractivity contribution >= 4 is 35.5 Å². The fraction of sp³-hybridized carbons (Fsp3) is 0.520. The van der Waals surface area contributed by atoms with Gasteiger partial charge in [-0.3, -0.25) is 29.4 Å². The van der Waals surface area contributed by atoms with E-state index < -0.39 is 60.2 Å². The van der Waals surface area contributed by atoms with E-state index in [1.54, 1.807) is 30.3 Å². The van der Waals surface area contributed by atoms with Gasteiger partial charge in [0.05, 0.1) is 6.42 Å². The predicted molar refractivity (Wildman–Crippen MR) is 144 cm³/mol. The summed E-state index contributed by atoms with van der Waals surface area (Å²) in [6.45, 7) is 3.89. The number of nitrogens with one attached hydrogen (secondary N) is 5. The van der Waals surface area contributed by atoms with E-state index in [-0.39, 0.29) is 44.1 Å². The average molecular weight is 549 g/mol. The monoisotopic (exact) mass is 548 g/mol. The minimum atomic E-state index is -1.41. The topological polar surface area (TPSA) is 256 Å². The molecule has 0 saturated carbocycles. The van der Waals surface area contributed by atoms with Gasteiger partial charge in [0.15, 0.2) is 5.96 Å². The van der Waals surface area contributed by atoms with E-state index >= 15 is 0 Å². The zero-order chi connectivity index (χ0) is 29.5. The van der Waals surface area contributed by atoms with Gasteiger partial charge in [0.1, 0.15) is 24.2 Å². The molecule has 216 valence electrons. The van der Waals surface area contributed by atoms with Crippen LogP contribution in [0.2, 0.25) is 0 Å². The molecule has 0 heterocycles. The van der Waals surface area contributed by atoms with Crippen molar-refractivity contribution < 1.29 is 29.1 Å². The average Bonchev–Trinajstić information content (AvgIpc) is 2.84. The quantitative estimate of drug-likeness (QED) is 0.0580. The van der Waals surface area contributed by atoms with Crippen molar-refractivity contribution in [1.29, 1.82) is 5.41 Å². The summed E-state index contributed by atoms with van der Waals surface area (Å²) in [6.07, 6.45) is -1.34. The fourth-order valence-corrected chi connectivity index (χ4v) is 3.67. The maximum absolute atomic E-state index is 13.2. The van der Waals surface area contributed by atoms with E-state index in [1.807, 2.05) is 13.8 Å². The van der Waals surface area contributed by atoms with Gasteiger partial charge in [-0.2, -0.15) is 0 Å². The van der Waals surface area contributed by atoms with Crippen molar-refractivity contribution in [2.45, 2.75) is 70.2 Å². The van der Waals surface area contributed by atoms with Crippen LogP contribution >= 0.6 is 0 Å². The highest BCUT2D eigenvalue weighted by Gasteiger charge is 2.31. The number of nitrogens with two attached hydrogens (primary N) is 3. The number of hydrogen-bond donors (Lipinski definition) is 9. The molecule has 0 spiro atoms. The van der Waals surface area contributed by atoms with E-state index in [2.05, 4.69) is 21.3 Å². The summed E-state index contributed by atoms with van der Waals surface area (Å²) in [5.41, 5.74) is 16.4. The number of amides is 5. The number of hydrogen-bond acceptors (Lipinski definition) is 7. The minimum absolute atomic E-state index is 0.0332. The van der Waals surface area contributed by atoms with Crippen molar-refractivity contribution in [3.8, 4) is 0 Å². The molecule has 0 aliphatic rings. The molecule has 4 unspecified atom stereocenters. The van der Waals surface area contributed by atoms with Gasteiger partial charge in [-0.1, -0.05) is 44.2 Å². The standard InChI is InChI=1S/C25H40N8O6/c1-14(2)11-18(33-24(39)19(34)12-15-7-4-3-5-8-15)23(38)31-16(9-6-10-30-25(28)29)22(37)32-17(21(27)36)13-20(26)35/h3-5,7-8,14,16-19,34H,6,9-13H2,1-2H3,(H2,26,35)(H2,27,36)(H,31,38)(H,32,37)(H,33,39)(H4,28,29,30). The van der Waals surface area contributed by atoms with Gasteiger partial charge in [-0.05, 0) is 30.7 Å². The maximum Gasteiger partial charge on any atom is 0.249 e. The molecule has 14 heteroatoms. The van der Waals surface area contributed by atoms with Crippen LogP contribution in [0.15, 0.2) is 30.3 Å². The third-order valence-corrected chi connectivity index (χ3v) is 5.60. The smallest absolute Gasteiger partial charge is 0.249 e. The summed E-state index contributed by atoms with van der Waals surface area (Å²) in [5, 5.41) is 27.7. The van der Waals surface area contributed by atoms with Crippen LogP contribution in [0.1, 0.15) is 45.1 Å². The molecule has 0 aliphatic carbocycles. The van der Waals surface area contributed by atoms with Crippen LogP contribution in [0.4, 0.5) is 0 Å². The van der Waals surface area contributed by atoms with Crippen LogP contribution in [-0.2, 0) is 30.4 Å². The zero-order valence-corrected chi connectivity index (χ0v) is 22.2. The number of rotatable bonds is 17. The van der Waals surface area contributed by atoms with Gasteiger partial charge in [0, 0.05) is 13.0 Å². The summed E-state index contributed by atoms with van der Waals surface area (Å²) in [4.78, 5) is 61.9. The molecule has 1 aromatic rings. The Kier molecular flexibility index (Phi) is 14.0. The lowest BCUT2D eigenvalue weighted by atomic mass is 10.0. The SMILES string of the molecule is CC(C)CC(NC(=O)C(O)Cc1ccccc1)C(=O)NC(CCCNC(=N)N)C(=O)NC(CC(N)=O)C(N)=O. The molecule has 14 nitrogen and oxygen atoms in total. The van der Waals surface area contributed by atoms with E-state index in [4.69, 9.17) is 22.6 Å². The van der Waals surface area contributed by atoms with Crippen LogP contribution in [0.5, 0.6) is 0 Å². The first-order chi connectivity index (χ1) is 18.3. The Morgan fingerprint density at radius 2 is 1.44 bits per heavy atom. The number of aliphatic hydroxyl groups excluding tert-OH is 1. The highest BCUT2D eigenvalue weighted by atomic mass is 16.3.